The van der Waals surface area contributed by atoms with Gasteiger partial charge in [0, 0.05) is 25.3 Å². The molecular formula is C17H14ClN3O2S. The average molecular weight is 360 g/mol. The lowest BCUT2D eigenvalue weighted by Crippen LogP contribution is -2.32. The third-order valence-electron chi connectivity index (χ3n) is 3.27. The van der Waals surface area contributed by atoms with Gasteiger partial charge in [-0.1, -0.05) is 29.8 Å². The highest BCUT2D eigenvalue weighted by Crippen LogP contribution is 2.15. The van der Waals surface area contributed by atoms with E-state index in [9.17, 15) is 4.79 Å². The monoisotopic (exact) mass is 359 g/mol. The van der Waals surface area contributed by atoms with Crippen molar-refractivity contribution in [1.29, 1.82) is 10.5 Å². The molecular weight excluding hydrogens is 346 g/mol. The van der Waals surface area contributed by atoms with Crippen LogP contribution in [-0.2, 0) is 11.3 Å². The summed E-state index contributed by atoms with van der Waals surface area (Å²) in [6, 6.07) is 10.9. The summed E-state index contributed by atoms with van der Waals surface area (Å²) in [5.41, 5.74) is 0.394. The first-order valence-electron chi connectivity index (χ1n) is 7.11. The molecule has 5 nitrogen and oxygen atoms in total. The minimum Gasteiger partial charge on any atom is -0.385 e. The molecule has 1 heterocycles. The number of nitriles is 2. The second kappa shape index (κ2) is 8.47. The molecule has 0 aliphatic carbocycles. The van der Waals surface area contributed by atoms with Crippen molar-refractivity contribution in [2.75, 3.05) is 13.7 Å². The molecule has 0 fully saturated rings. The van der Waals surface area contributed by atoms with Crippen LogP contribution in [0.2, 0.25) is 5.02 Å². The third kappa shape index (κ3) is 3.93. The second-order valence-electron chi connectivity index (χ2n) is 4.84. The number of methoxy groups -OCH3 is 1. The highest BCUT2D eigenvalue weighted by molar-refractivity contribution is 7.07. The van der Waals surface area contributed by atoms with E-state index in [2.05, 4.69) is 0 Å². The zero-order valence-electron chi connectivity index (χ0n) is 13.0. The largest absolute Gasteiger partial charge is 0.385 e. The lowest BCUT2D eigenvalue weighted by molar-refractivity contribution is 0.190. The van der Waals surface area contributed by atoms with Crippen LogP contribution in [0.1, 0.15) is 12.0 Å². The molecule has 0 saturated heterocycles. The Balaban J connectivity index is 2.69. The van der Waals surface area contributed by atoms with Gasteiger partial charge in [0.1, 0.15) is 16.8 Å². The summed E-state index contributed by atoms with van der Waals surface area (Å²) >= 11 is 7.25. The van der Waals surface area contributed by atoms with Gasteiger partial charge < -0.3 is 4.74 Å². The van der Waals surface area contributed by atoms with Crippen LogP contribution in [0.15, 0.2) is 29.1 Å². The van der Waals surface area contributed by atoms with Crippen LogP contribution < -0.4 is 14.8 Å². The summed E-state index contributed by atoms with van der Waals surface area (Å²) in [7, 11) is 1.58. The Hall–Kier alpha value is -2.38. The summed E-state index contributed by atoms with van der Waals surface area (Å²) < 4.78 is 7.24. The Morgan fingerprint density at radius 3 is 2.71 bits per heavy atom. The zero-order valence-corrected chi connectivity index (χ0v) is 14.5. The molecule has 0 aliphatic rings. The van der Waals surface area contributed by atoms with Crippen molar-refractivity contribution < 1.29 is 4.74 Å². The smallest absolute Gasteiger partial charge is 0.269 e. The van der Waals surface area contributed by atoms with Crippen LogP contribution in [0.3, 0.4) is 0 Å². The number of aromatic nitrogens is 1. The maximum absolute atomic E-state index is 12.7. The molecule has 0 amide bonds. The van der Waals surface area contributed by atoms with Crippen LogP contribution in [-0.4, -0.2) is 18.3 Å². The van der Waals surface area contributed by atoms with E-state index in [-0.39, 0.29) is 11.1 Å². The summed E-state index contributed by atoms with van der Waals surface area (Å²) in [5.74, 6) is 0. The van der Waals surface area contributed by atoms with Crippen molar-refractivity contribution in [3.8, 4) is 12.1 Å². The lowest BCUT2D eigenvalue weighted by atomic mass is 10.2. The molecule has 1 aromatic heterocycles. The van der Waals surface area contributed by atoms with Gasteiger partial charge in [0.25, 0.3) is 5.56 Å². The maximum atomic E-state index is 12.7. The molecule has 0 radical (unpaired) electrons. The standard InChI is InChI=1S/C17H14ClN3O2S/c1-23-8-4-7-21-16(22)15(24-17(21)13(10-19)11-20)9-12-5-2-3-6-14(12)18/h2-3,5-6,9H,4,7-8H2,1H3/b15-9+. The van der Waals surface area contributed by atoms with E-state index in [1.807, 2.05) is 18.2 Å². The minimum absolute atomic E-state index is 0.0756. The molecule has 1 aromatic carbocycles. The Morgan fingerprint density at radius 2 is 2.08 bits per heavy atom. The van der Waals surface area contributed by atoms with Gasteiger partial charge in [0.05, 0.1) is 4.53 Å². The number of nitrogens with zero attached hydrogens (tertiary/aromatic N) is 3. The quantitative estimate of drug-likeness (QED) is 0.760. The third-order valence-corrected chi connectivity index (χ3v) is 4.74. The Labute approximate surface area is 147 Å². The molecule has 0 saturated carbocycles. The molecule has 0 spiro atoms. The Bertz CT molecular complexity index is 977. The van der Waals surface area contributed by atoms with Gasteiger partial charge in [-0.15, -0.1) is 11.3 Å². The molecule has 7 heteroatoms. The highest BCUT2D eigenvalue weighted by Gasteiger charge is 2.09. The van der Waals surface area contributed by atoms with E-state index in [4.69, 9.17) is 26.9 Å². The summed E-state index contributed by atoms with van der Waals surface area (Å²) in [6.07, 6.45) is 2.29. The Morgan fingerprint density at radius 1 is 1.38 bits per heavy atom. The second-order valence-corrected chi connectivity index (χ2v) is 6.28. The van der Waals surface area contributed by atoms with Gasteiger partial charge in [-0.2, -0.15) is 10.5 Å². The summed E-state index contributed by atoms with van der Waals surface area (Å²) in [4.78, 5) is 12.7. The first-order chi connectivity index (χ1) is 11.6. The van der Waals surface area contributed by atoms with Gasteiger partial charge in [0.2, 0.25) is 0 Å². The normalized spacial score (nSPS) is 11.1. The topological polar surface area (TPSA) is 78.8 Å². The first kappa shape index (κ1) is 18.0. The SMILES string of the molecule is COCCCn1c(=C(C#N)C#N)s/c(=C/c2ccccc2Cl)c1=O. The fourth-order valence-corrected chi connectivity index (χ4v) is 3.39. The van der Waals surface area contributed by atoms with Crippen LogP contribution in [0, 0.1) is 22.7 Å². The first-order valence-corrected chi connectivity index (χ1v) is 8.31. The van der Waals surface area contributed by atoms with E-state index < -0.39 is 0 Å². The summed E-state index contributed by atoms with van der Waals surface area (Å²) in [6.45, 7) is 0.863. The minimum atomic E-state index is -0.242. The number of thiazole rings is 1. The van der Waals surface area contributed by atoms with E-state index >= 15 is 0 Å². The fraction of sp³-hybridized carbons (Fsp3) is 0.235. The van der Waals surface area contributed by atoms with Gasteiger partial charge in [-0.3, -0.25) is 9.36 Å². The Kier molecular flexibility index (Phi) is 6.34. The van der Waals surface area contributed by atoms with E-state index in [1.165, 1.54) is 4.57 Å². The lowest BCUT2D eigenvalue weighted by Gasteiger charge is -2.01. The molecule has 2 aromatic rings. The van der Waals surface area contributed by atoms with Crippen LogP contribution in [0.4, 0.5) is 0 Å². The van der Waals surface area contributed by atoms with Gasteiger partial charge in [-0.25, -0.2) is 0 Å². The maximum Gasteiger partial charge on any atom is 0.269 e. The number of halogens is 1. The summed E-state index contributed by atoms with van der Waals surface area (Å²) in [5, 5.41) is 18.8. The molecule has 24 heavy (non-hydrogen) atoms. The number of benzene rings is 1. The van der Waals surface area contributed by atoms with Crippen LogP contribution in [0.25, 0.3) is 11.6 Å². The average Bonchev–Trinajstić information content (AvgIpc) is 2.88. The van der Waals surface area contributed by atoms with Crippen molar-refractivity contribution in [3.05, 3.63) is 54.4 Å². The number of hydrogen-bond donors (Lipinski definition) is 0. The number of ether oxygens (including phenoxy) is 1. The van der Waals surface area contributed by atoms with Crippen LogP contribution in [0.5, 0.6) is 0 Å². The number of hydrogen-bond acceptors (Lipinski definition) is 5. The van der Waals surface area contributed by atoms with Gasteiger partial charge in [0.15, 0.2) is 5.57 Å². The molecule has 122 valence electrons. The molecule has 0 aliphatic heterocycles. The molecule has 2 rings (SSSR count). The van der Waals surface area contributed by atoms with Crippen molar-refractivity contribution in [2.24, 2.45) is 0 Å². The van der Waals surface area contributed by atoms with Gasteiger partial charge in [-0.05, 0) is 24.1 Å². The number of rotatable bonds is 5. The van der Waals surface area contributed by atoms with E-state index in [1.54, 1.807) is 31.4 Å². The predicted molar refractivity (Wildman–Crippen MR) is 94.0 cm³/mol. The molecule has 0 unspecified atom stereocenters. The predicted octanol–water partition coefficient (Wildman–Crippen LogP) is 1.63. The molecule has 0 N–H and O–H groups in total. The van der Waals surface area contributed by atoms with E-state index in [0.29, 0.717) is 39.4 Å². The zero-order chi connectivity index (χ0) is 17.5. The van der Waals surface area contributed by atoms with Crippen molar-refractivity contribution in [3.63, 3.8) is 0 Å². The van der Waals surface area contributed by atoms with Crippen molar-refractivity contribution in [2.45, 2.75) is 13.0 Å². The fourth-order valence-electron chi connectivity index (χ4n) is 2.13. The van der Waals surface area contributed by atoms with Crippen molar-refractivity contribution in [1.82, 2.24) is 4.57 Å². The molecule has 0 bridgehead atoms. The van der Waals surface area contributed by atoms with Crippen LogP contribution >= 0.6 is 22.9 Å². The van der Waals surface area contributed by atoms with E-state index in [0.717, 1.165) is 11.3 Å². The van der Waals surface area contributed by atoms with Crippen molar-refractivity contribution >= 4 is 34.6 Å². The highest BCUT2D eigenvalue weighted by atomic mass is 35.5. The van der Waals surface area contributed by atoms with Gasteiger partial charge >= 0.3 is 0 Å². The molecule has 0 atom stereocenters.